The Kier molecular flexibility index (Phi) is 4.44. The molecule has 1 heterocycles. The van der Waals surface area contributed by atoms with E-state index in [2.05, 4.69) is 10.3 Å². The summed E-state index contributed by atoms with van der Waals surface area (Å²) in [6.07, 6.45) is 1.15. The zero-order chi connectivity index (χ0) is 14.9. The molecule has 0 aliphatic heterocycles. The zero-order valence-electron chi connectivity index (χ0n) is 10.2. The van der Waals surface area contributed by atoms with E-state index in [1.54, 1.807) is 12.1 Å². The maximum Gasteiger partial charge on any atom is 0.175 e. The van der Waals surface area contributed by atoms with Gasteiger partial charge in [0, 0.05) is 11.9 Å². The Labute approximate surface area is 131 Å². The van der Waals surface area contributed by atoms with Gasteiger partial charge in [0.15, 0.2) is 15.7 Å². The van der Waals surface area contributed by atoms with E-state index in [1.807, 2.05) is 0 Å². The minimum absolute atomic E-state index is 0.131. The van der Waals surface area contributed by atoms with Crippen LogP contribution in [0.1, 0.15) is 0 Å². The fourth-order valence-electron chi connectivity index (χ4n) is 1.45. The van der Waals surface area contributed by atoms with Gasteiger partial charge >= 0.3 is 0 Å². The van der Waals surface area contributed by atoms with E-state index in [0.29, 0.717) is 16.5 Å². The van der Waals surface area contributed by atoms with Crippen molar-refractivity contribution < 1.29 is 8.42 Å². The number of anilines is 2. The number of nitrogens with zero attached hydrogens (tertiary/aromatic N) is 1. The van der Waals surface area contributed by atoms with Gasteiger partial charge in [-0.3, -0.25) is 0 Å². The molecule has 0 unspecified atom stereocenters. The third kappa shape index (κ3) is 3.55. The highest BCUT2D eigenvalue weighted by molar-refractivity contribution is 7.90. The van der Waals surface area contributed by atoms with Crippen LogP contribution in [0.25, 0.3) is 0 Å². The third-order valence-electron chi connectivity index (χ3n) is 2.43. The van der Waals surface area contributed by atoms with Crippen LogP contribution >= 0.6 is 34.8 Å². The highest BCUT2D eigenvalue weighted by atomic mass is 35.5. The van der Waals surface area contributed by atoms with Gasteiger partial charge in [-0.1, -0.05) is 34.8 Å². The van der Waals surface area contributed by atoms with Crippen LogP contribution in [0.3, 0.4) is 0 Å². The summed E-state index contributed by atoms with van der Waals surface area (Å²) in [7, 11) is -3.22. The summed E-state index contributed by atoms with van der Waals surface area (Å²) in [4.78, 5) is 4.24. The molecule has 0 saturated carbocycles. The molecule has 0 aliphatic rings. The number of benzene rings is 1. The number of rotatable bonds is 3. The Morgan fingerprint density at radius 1 is 1.05 bits per heavy atom. The highest BCUT2D eigenvalue weighted by Crippen LogP contribution is 2.30. The van der Waals surface area contributed by atoms with Crippen LogP contribution in [-0.4, -0.2) is 19.7 Å². The van der Waals surface area contributed by atoms with Crippen LogP contribution in [0.15, 0.2) is 35.2 Å². The molecule has 20 heavy (non-hydrogen) atoms. The molecule has 1 N–H and O–H groups in total. The Morgan fingerprint density at radius 2 is 1.65 bits per heavy atom. The molecule has 0 spiro atoms. The normalized spacial score (nSPS) is 11.4. The largest absolute Gasteiger partial charge is 0.339 e. The van der Waals surface area contributed by atoms with E-state index in [9.17, 15) is 8.42 Å². The number of sulfone groups is 1. The topological polar surface area (TPSA) is 59.1 Å². The SMILES string of the molecule is CS(=O)(=O)c1ccc(Nc2nc(Cl)c(Cl)cc2Cl)cc1. The summed E-state index contributed by atoms with van der Waals surface area (Å²) >= 11 is 17.6. The van der Waals surface area contributed by atoms with Crippen molar-refractivity contribution in [3.05, 3.63) is 45.5 Å². The van der Waals surface area contributed by atoms with Crippen LogP contribution < -0.4 is 5.32 Å². The quantitative estimate of drug-likeness (QED) is 0.842. The van der Waals surface area contributed by atoms with Gasteiger partial charge in [0.25, 0.3) is 0 Å². The Balaban J connectivity index is 2.29. The molecule has 1 aromatic heterocycles. The molecule has 106 valence electrons. The lowest BCUT2D eigenvalue weighted by Gasteiger charge is -2.09. The van der Waals surface area contributed by atoms with Gasteiger partial charge in [-0.25, -0.2) is 13.4 Å². The van der Waals surface area contributed by atoms with Gasteiger partial charge in [0.1, 0.15) is 5.15 Å². The summed E-state index contributed by atoms with van der Waals surface area (Å²) < 4.78 is 22.7. The Hall–Kier alpha value is -1.01. The number of pyridine rings is 1. The average Bonchev–Trinajstić information content (AvgIpc) is 2.35. The van der Waals surface area contributed by atoms with Crippen LogP contribution in [0, 0.1) is 0 Å². The number of nitrogens with one attached hydrogen (secondary N) is 1. The van der Waals surface area contributed by atoms with Crippen molar-refractivity contribution in [3.63, 3.8) is 0 Å². The molecule has 0 saturated heterocycles. The van der Waals surface area contributed by atoms with E-state index >= 15 is 0 Å². The molecule has 8 heteroatoms. The summed E-state index contributed by atoms with van der Waals surface area (Å²) in [6, 6.07) is 7.67. The predicted octanol–water partition coefficient (Wildman–Crippen LogP) is 4.19. The monoisotopic (exact) mass is 350 g/mol. The molecule has 0 amide bonds. The molecule has 2 rings (SSSR count). The fourth-order valence-corrected chi connectivity index (χ4v) is 2.63. The summed E-state index contributed by atoms with van der Waals surface area (Å²) in [5.41, 5.74) is 0.630. The van der Waals surface area contributed by atoms with E-state index in [4.69, 9.17) is 34.8 Å². The zero-order valence-corrected chi connectivity index (χ0v) is 13.3. The van der Waals surface area contributed by atoms with E-state index in [1.165, 1.54) is 18.2 Å². The van der Waals surface area contributed by atoms with Gasteiger partial charge in [0.2, 0.25) is 0 Å². The minimum atomic E-state index is -3.22. The number of hydrogen-bond donors (Lipinski definition) is 1. The number of aromatic nitrogens is 1. The molecule has 0 fully saturated rings. The molecule has 0 bridgehead atoms. The van der Waals surface area contributed by atoms with Crippen molar-refractivity contribution in [2.75, 3.05) is 11.6 Å². The minimum Gasteiger partial charge on any atom is -0.339 e. The molecular formula is C12H9Cl3N2O2S. The van der Waals surface area contributed by atoms with Gasteiger partial charge in [-0.05, 0) is 30.3 Å². The van der Waals surface area contributed by atoms with Gasteiger partial charge < -0.3 is 5.32 Å². The van der Waals surface area contributed by atoms with E-state index in [-0.39, 0.29) is 15.1 Å². The van der Waals surface area contributed by atoms with Crippen molar-refractivity contribution in [2.45, 2.75) is 4.90 Å². The predicted molar refractivity (Wildman–Crippen MR) is 82.1 cm³/mol. The molecule has 4 nitrogen and oxygen atoms in total. The first-order chi connectivity index (χ1) is 9.27. The molecule has 0 aliphatic carbocycles. The van der Waals surface area contributed by atoms with Crippen LogP contribution in [0.5, 0.6) is 0 Å². The Bertz CT molecular complexity index is 746. The molecular weight excluding hydrogens is 343 g/mol. The number of halogens is 3. The maximum absolute atomic E-state index is 11.4. The van der Waals surface area contributed by atoms with Gasteiger partial charge in [0.05, 0.1) is 14.9 Å². The van der Waals surface area contributed by atoms with Gasteiger partial charge in [-0.2, -0.15) is 0 Å². The van der Waals surface area contributed by atoms with Crippen molar-refractivity contribution >= 4 is 56.1 Å². The lowest BCUT2D eigenvalue weighted by Crippen LogP contribution is -1.98. The van der Waals surface area contributed by atoms with Crippen LogP contribution in [-0.2, 0) is 9.84 Å². The van der Waals surface area contributed by atoms with Crippen molar-refractivity contribution in [1.82, 2.24) is 4.98 Å². The summed E-state index contributed by atoms with van der Waals surface area (Å²) in [6.45, 7) is 0. The average molecular weight is 352 g/mol. The second-order valence-electron chi connectivity index (χ2n) is 4.01. The van der Waals surface area contributed by atoms with Crippen molar-refractivity contribution in [2.24, 2.45) is 0 Å². The van der Waals surface area contributed by atoms with Crippen LogP contribution in [0.2, 0.25) is 15.2 Å². The smallest absolute Gasteiger partial charge is 0.175 e. The first-order valence-corrected chi connectivity index (χ1v) is 8.38. The second-order valence-corrected chi connectivity index (χ2v) is 7.20. The summed E-state index contributed by atoms with van der Waals surface area (Å²) in [5, 5.41) is 3.64. The number of hydrogen-bond acceptors (Lipinski definition) is 4. The summed E-state index contributed by atoms with van der Waals surface area (Å²) in [5.74, 6) is 0.341. The van der Waals surface area contributed by atoms with E-state index in [0.717, 1.165) is 6.26 Å². The van der Waals surface area contributed by atoms with Gasteiger partial charge in [-0.15, -0.1) is 0 Å². The van der Waals surface area contributed by atoms with E-state index < -0.39 is 9.84 Å². The van der Waals surface area contributed by atoms with Crippen molar-refractivity contribution in [1.29, 1.82) is 0 Å². The second kappa shape index (κ2) is 5.77. The highest BCUT2D eigenvalue weighted by Gasteiger charge is 2.09. The fraction of sp³-hybridized carbons (Fsp3) is 0.0833. The van der Waals surface area contributed by atoms with Crippen LogP contribution in [0.4, 0.5) is 11.5 Å². The standard InChI is InChI=1S/C12H9Cl3N2O2S/c1-20(18,19)8-4-2-7(3-5-8)16-12-10(14)6-9(13)11(15)17-12/h2-6H,1H3,(H,16,17). The first kappa shape index (κ1) is 15.4. The maximum atomic E-state index is 11.4. The molecule has 1 aromatic carbocycles. The molecule has 2 aromatic rings. The lowest BCUT2D eigenvalue weighted by atomic mass is 10.3. The van der Waals surface area contributed by atoms with Crippen molar-refractivity contribution in [3.8, 4) is 0 Å². The Morgan fingerprint density at radius 3 is 2.20 bits per heavy atom. The third-order valence-corrected chi connectivity index (χ3v) is 4.52. The lowest BCUT2D eigenvalue weighted by molar-refractivity contribution is 0.602. The first-order valence-electron chi connectivity index (χ1n) is 5.36. The molecule has 0 atom stereocenters. The molecule has 0 radical (unpaired) electrons.